The highest BCUT2D eigenvalue weighted by molar-refractivity contribution is 5.76. The monoisotopic (exact) mass is 214 g/mol. The first-order chi connectivity index (χ1) is 7.31. The maximum absolute atomic E-state index is 10.6. The zero-order valence-corrected chi connectivity index (χ0v) is 9.89. The van der Waals surface area contributed by atoms with Crippen LogP contribution in [0, 0.1) is 0 Å². The van der Waals surface area contributed by atoms with Gasteiger partial charge in [-0.05, 0) is 6.42 Å². The third-order valence-electron chi connectivity index (χ3n) is 2.48. The first-order valence-electron chi connectivity index (χ1n) is 6.16. The SMILES string of the molecule is CCCCCCCCCCNC(=O)C[O]. The van der Waals surface area contributed by atoms with E-state index in [4.69, 9.17) is 0 Å². The second-order valence-electron chi connectivity index (χ2n) is 3.97. The fourth-order valence-electron chi connectivity index (χ4n) is 1.54. The number of amides is 1. The van der Waals surface area contributed by atoms with Gasteiger partial charge in [0.15, 0.2) is 6.61 Å². The van der Waals surface area contributed by atoms with E-state index in [1.165, 1.54) is 38.5 Å². The number of hydrogen-bond acceptors (Lipinski definition) is 1. The summed E-state index contributed by atoms with van der Waals surface area (Å²) in [4.78, 5) is 10.6. The Morgan fingerprint density at radius 2 is 1.47 bits per heavy atom. The third-order valence-corrected chi connectivity index (χ3v) is 2.48. The van der Waals surface area contributed by atoms with E-state index in [1.807, 2.05) is 0 Å². The Morgan fingerprint density at radius 3 is 2.00 bits per heavy atom. The average molecular weight is 214 g/mol. The minimum Gasteiger partial charge on any atom is -0.354 e. The molecule has 0 aromatic heterocycles. The van der Waals surface area contributed by atoms with E-state index in [-0.39, 0.29) is 5.91 Å². The third kappa shape index (κ3) is 11.4. The van der Waals surface area contributed by atoms with Gasteiger partial charge in [0.2, 0.25) is 5.91 Å². The number of nitrogens with one attached hydrogen (secondary N) is 1. The summed E-state index contributed by atoms with van der Waals surface area (Å²) in [5, 5.41) is 12.7. The van der Waals surface area contributed by atoms with Crippen LogP contribution in [-0.4, -0.2) is 19.1 Å². The van der Waals surface area contributed by atoms with Crippen LogP contribution in [0.5, 0.6) is 0 Å². The molecule has 0 bridgehead atoms. The van der Waals surface area contributed by atoms with Gasteiger partial charge >= 0.3 is 0 Å². The molecule has 0 aromatic carbocycles. The van der Waals surface area contributed by atoms with Crippen LogP contribution < -0.4 is 5.32 Å². The Balaban J connectivity index is 2.95. The minimum atomic E-state index is -0.642. The Hall–Kier alpha value is -0.570. The van der Waals surface area contributed by atoms with Crippen molar-refractivity contribution >= 4 is 5.91 Å². The lowest BCUT2D eigenvalue weighted by Crippen LogP contribution is -2.26. The van der Waals surface area contributed by atoms with E-state index in [0.717, 1.165) is 12.8 Å². The molecule has 1 radical (unpaired) electrons. The smallest absolute Gasteiger partial charge is 0.249 e. The van der Waals surface area contributed by atoms with Crippen molar-refractivity contribution in [2.24, 2.45) is 0 Å². The molecule has 3 nitrogen and oxygen atoms in total. The van der Waals surface area contributed by atoms with Crippen LogP contribution in [0.25, 0.3) is 0 Å². The van der Waals surface area contributed by atoms with E-state index in [1.54, 1.807) is 0 Å². The Kier molecular flexibility index (Phi) is 11.1. The van der Waals surface area contributed by atoms with Gasteiger partial charge < -0.3 is 5.32 Å². The van der Waals surface area contributed by atoms with Gasteiger partial charge in [0.25, 0.3) is 0 Å². The van der Waals surface area contributed by atoms with Crippen LogP contribution in [0.3, 0.4) is 0 Å². The van der Waals surface area contributed by atoms with Crippen LogP contribution in [0.4, 0.5) is 0 Å². The molecule has 0 saturated carbocycles. The molecular weight excluding hydrogens is 190 g/mol. The second-order valence-corrected chi connectivity index (χ2v) is 3.97. The van der Waals surface area contributed by atoms with E-state index >= 15 is 0 Å². The molecule has 0 atom stereocenters. The van der Waals surface area contributed by atoms with Crippen molar-refractivity contribution in [1.82, 2.24) is 5.32 Å². The standard InChI is InChI=1S/C12H24NO2/c1-2-3-4-5-6-7-8-9-10-13-12(15)11-14/h2-11H2,1H3,(H,13,15). The maximum atomic E-state index is 10.6. The van der Waals surface area contributed by atoms with Crippen molar-refractivity contribution in [3.05, 3.63) is 0 Å². The number of rotatable bonds is 10. The fourth-order valence-corrected chi connectivity index (χ4v) is 1.54. The molecule has 0 aliphatic heterocycles. The summed E-state index contributed by atoms with van der Waals surface area (Å²) in [5.41, 5.74) is 0. The van der Waals surface area contributed by atoms with Gasteiger partial charge in [-0.25, -0.2) is 5.11 Å². The molecule has 0 aliphatic rings. The molecule has 0 fully saturated rings. The van der Waals surface area contributed by atoms with Gasteiger partial charge in [-0.2, -0.15) is 0 Å². The molecule has 0 aliphatic carbocycles. The van der Waals surface area contributed by atoms with Crippen molar-refractivity contribution in [3.8, 4) is 0 Å². The first kappa shape index (κ1) is 14.4. The molecule has 3 heteroatoms. The van der Waals surface area contributed by atoms with Crippen LogP contribution in [0.2, 0.25) is 0 Å². The fraction of sp³-hybridized carbons (Fsp3) is 0.917. The van der Waals surface area contributed by atoms with Crippen molar-refractivity contribution in [2.45, 2.75) is 58.3 Å². The van der Waals surface area contributed by atoms with Gasteiger partial charge in [-0.3, -0.25) is 4.79 Å². The van der Waals surface area contributed by atoms with Crippen molar-refractivity contribution in [1.29, 1.82) is 0 Å². The van der Waals surface area contributed by atoms with E-state index < -0.39 is 6.61 Å². The predicted octanol–water partition coefficient (Wildman–Crippen LogP) is 2.67. The maximum Gasteiger partial charge on any atom is 0.249 e. The lowest BCUT2D eigenvalue weighted by Gasteiger charge is -2.02. The zero-order valence-electron chi connectivity index (χ0n) is 9.89. The molecule has 89 valence electrons. The topological polar surface area (TPSA) is 49.0 Å². The van der Waals surface area contributed by atoms with Gasteiger partial charge in [-0.15, -0.1) is 0 Å². The van der Waals surface area contributed by atoms with E-state index in [9.17, 15) is 9.90 Å². The Bertz CT molecular complexity index is 149. The summed E-state index contributed by atoms with van der Waals surface area (Å²) in [6.45, 7) is 2.24. The van der Waals surface area contributed by atoms with Gasteiger partial charge in [-0.1, -0.05) is 51.9 Å². The molecule has 15 heavy (non-hydrogen) atoms. The number of carbonyl (C=O) groups is 1. The molecule has 0 unspecified atom stereocenters. The summed E-state index contributed by atoms with van der Waals surface area (Å²) < 4.78 is 0. The first-order valence-corrected chi connectivity index (χ1v) is 6.16. The molecule has 1 amide bonds. The molecule has 0 aromatic rings. The quantitative estimate of drug-likeness (QED) is 0.558. The second kappa shape index (κ2) is 11.5. The van der Waals surface area contributed by atoms with Crippen molar-refractivity contribution < 1.29 is 9.90 Å². The normalized spacial score (nSPS) is 10.3. The van der Waals surface area contributed by atoms with Crippen molar-refractivity contribution in [3.63, 3.8) is 0 Å². The highest BCUT2D eigenvalue weighted by atomic mass is 16.3. The van der Waals surface area contributed by atoms with Gasteiger partial charge in [0.1, 0.15) is 0 Å². The molecule has 1 N–H and O–H groups in total. The molecule has 0 heterocycles. The minimum absolute atomic E-state index is 0.377. The van der Waals surface area contributed by atoms with E-state index in [2.05, 4.69) is 12.2 Å². The summed E-state index contributed by atoms with van der Waals surface area (Å²) in [5.74, 6) is -0.377. The highest BCUT2D eigenvalue weighted by Gasteiger charge is 1.97. The number of unbranched alkanes of at least 4 members (excludes halogenated alkanes) is 7. The Labute approximate surface area is 93.3 Å². The molecule has 0 spiro atoms. The largest absolute Gasteiger partial charge is 0.354 e. The molecule has 0 saturated heterocycles. The van der Waals surface area contributed by atoms with Crippen LogP contribution in [0.1, 0.15) is 58.3 Å². The zero-order chi connectivity index (χ0) is 11.4. The van der Waals surface area contributed by atoms with Gasteiger partial charge in [0, 0.05) is 6.54 Å². The molecular formula is C12H24NO2. The molecule has 0 rings (SSSR count). The summed E-state index contributed by atoms with van der Waals surface area (Å²) in [6.07, 6.45) is 10.0. The van der Waals surface area contributed by atoms with Crippen LogP contribution in [0.15, 0.2) is 0 Å². The highest BCUT2D eigenvalue weighted by Crippen LogP contribution is 2.07. The average Bonchev–Trinajstić information content (AvgIpc) is 2.26. The summed E-state index contributed by atoms with van der Waals surface area (Å²) in [7, 11) is 0. The lowest BCUT2D eigenvalue weighted by atomic mass is 10.1. The predicted molar refractivity (Wildman–Crippen MR) is 61.2 cm³/mol. The van der Waals surface area contributed by atoms with Crippen molar-refractivity contribution in [2.75, 3.05) is 13.2 Å². The number of hydrogen-bond donors (Lipinski definition) is 1. The summed E-state index contributed by atoms with van der Waals surface area (Å²) >= 11 is 0. The lowest BCUT2D eigenvalue weighted by molar-refractivity contribution is -0.125. The van der Waals surface area contributed by atoms with Crippen LogP contribution in [-0.2, 0) is 9.90 Å². The van der Waals surface area contributed by atoms with Gasteiger partial charge in [0.05, 0.1) is 0 Å². The van der Waals surface area contributed by atoms with E-state index in [0.29, 0.717) is 6.54 Å². The van der Waals surface area contributed by atoms with Crippen LogP contribution >= 0.6 is 0 Å². The summed E-state index contributed by atoms with van der Waals surface area (Å²) in [6, 6.07) is 0. The Morgan fingerprint density at radius 1 is 0.933 bits per heavy atom. The number of carbonyl (C=O) groups excluding carboxylic acids is 1.